The maximum absolute atomic E-state index is 13.2. The van der Waals surface area contributed by atoms with Crippen molar-refractivity contribution in [3.05, 3.63) is 39.6 Å². The van der Waals surface area contributed by atoms with E-state index >= 15 is 0 Å². The zero-order chi connectivity index (χ0) is 9.84. The minimum absolute atomic E-state index is 0.0461. The third-order valence-corrected chi connectivity index (χ3v) is 2.11. The number of hydrogen-bond acceptors (Lipinski definition) is 1. The molecule has 70 valence electrons. The van der Waals surface area contributed by atoms with Crippen LogP contribution in [0.4, 0.5) is 4.39 Å². The Labute approximate surface area is 85.0 Å². The van der Waals surface area contributed by atoms with Crippen molar-refractivity contribution in [2.45, 2.75) is 6.92 Å². The van der Waals surface area contributed by atoms with Crippen molar-refractivity contribution in [3.8, 4) is 0 Å². The molecule has 0 aliphatic rings. The summed E-state index contributed by atoms with van der Waals surface area (Å²) in [5.41, 5.74) is 1.23. The number of hydrogen-bond donors (Lipinski definition) is 1. The lowest BCUT2D eigenvalue weighted by atomic mass is 10.1. The fourth-order valence-electron chi connectivity index (χ4n) is 0.930. The van der Waals surface area contributed by atoms with E-state index in [1.807, 2.05) is 0 Å². The SMILES string of the molecule is CC(=Cc1ccc(Br)cc1F)CO. The van der Waals surface area contributed by atoms with Gasteiger partial charge in [-0.2, -0.15) is 0 Å². The number of rotatable bonds is 2. The maximum Gasteiger partial charge on any atom is 0.131 e. The van der Waals surface area contributed by atoms with Crippen molar-refractivity contribution in [2.24, 2.45) is 0 Å². The monoisotopic (exact) mass is 244 g/mol. The molecule has 1 N–H and O–H groups in total. The predicted molar refractivity (Wildman–Crippen MR) is 54.8 cm³/mol. The zero-order valence-electron chi connectivity index (χ0n) is 7.22. The molecule has 0 atom stereocenters. The van der Waals surface area contributed by atoms with Crippen LogP contribution in [-0.2, 0) is 0 Å². The van der Waals surface area contributed by atoms with E-state index in [2.05, 4.69) is 15.9 Å². The van der Waals surface area contributed by atoms with Crippen molar-refractivity contribution in [1.82, 2.24) is 0 Å². The van der Waals surface area contributed by atoms with E-state index in [1.165, 1.54) is 6.07 Å². The molecule has 3 heteroatoms. The van der Waals surface area contributed by atoms with Crippen molar-refractivity contribution in [1.29, 1.82) is 0 Å². The molecule has 0 saturated heterocycles. The Morgan fingerprint density at radius 1 is 1.62 bits per heavy atom. The van der Waals surface area contributed by atoms with Gasteiger partial charge < -0.3 is 5.11 Å². The molecule has 0 aromatic heterocycles. The molecule has 0 aliphatic carbocycles. The first-order chi connectivity index (χ1) is 6.13. The lowest BCUT2D eigenvalue weighted by molar-refractivity contribution is 0.332. The lowest BCUT2D eigenvalue weighted by Gasteiger charge is -1.99. The first-order valence-corrected chi connectivity index (χ1v) is 4.66. The quantitative estimate of drug-likeness (QED) is 0.849. The van der Waals surface area contributed by atoms with Gasteiger partial charge in [0, 0.05) is 10.0 Å². The summed E-state index contributed by atoms with van der Waals surface area (Å²) in [4.78, 5) is 0. The topological polar surface area (TPSA) is 20.2 Å². The zero-order valence-corrected chi connectivity index (χ0v) is 8.81. The molecule has 0 spiro atoms. The van der Waals surface area contributed by atoms with Gasteiger partial charge in [-0.25, -0.2) is 4.39 Å². The van der Waals surface area contributed by atoms with Gasteiger partial charge >= 0.3 is 0 Å². The molecule has 0 radical (unpaired) electrons. The molecule has 0 unspecified atom stereocenters. The second-order valence-electron chi connectivity index (χ2n) is 2.81. The van der Waals surface area contributed by atoms with Crippen LogP contribution in [0.15, 0.2) is 28.2 Å². The van der Waals surface area contributed by atoms with Crippen LogP contribution in [0.2, 0.25) is 0 Å². The van der Waals surface area contributed by atoms with Gasteiger partial charge in [0.15, 0.2) is 0 Å². The summed E-state index contributed by atoms with van der Waals surface area (Å²) in [6, 6.07) is 4.83. The van der Waals surface area contributed by atoms with Crippen LogP contribution in [0.25, 0.3) is 6.08 Å². The smallest absolute Gasteiger partial charge is 0.131 e. The molecule has 1 aromatic rings. The summed E-state index contributed by atoms with van der Waals surface area (Å²) in [6.07, 6.45) is 1.63. The Hall–Kier alpha value is -0.670. The van der Waals surface area contributed by atoms with E-state index < -0.39 is 0 Å². The number of aliphatic hydroxyl groups excluding tert-OH is 1. The molecule has 1 nitrogen and oxygen atoms in total. The molecule has 13 heavy (non-hydrogen) atoms. The van der Waals surface area contributed by atoms with Crippen LogP contribution in [0.5, 0.6) is 0 Å². The van der Waals surface area contributed by atoms with Gasteiger partial charge in [-0.1, -0.05) is 28.1 Å². The predicted octanol–water partition coefficient (Wildman–Crippen LogP) is 2.98. The Morgan fingerprint density at radius 3 is 2.85 bits per heavy atom. The van der Waals surface area contributed by atoms with Gasteiger partial charge in [0.25, 0.3) is 0 Å². The number of benzene rings is 1. The van der Waals surface area contributed by atoms with Crippen molar-refractivity contribution in [2.75, 3.05) is 6.61 Å². The molecule has 0 fully saturated rings. The van der Waals surface area contributed by atoms with Crippen LogP contribution < -0.4 is 0 Å². The van der Waals surface area contributed by atoms with Gasteiger partial charge in [-0.3, -0.25) is 0 Å². The summed E-state index contributed by atoms with van der Waals surface area (Å²) in [5, 5.41) is 8.74. The fourth-order valence-corrected chi connectivity index (χ4v) is 1.26. The molecule has 0 aliphatic heterocycles. The highest BCUT2D eigenvalue weighted by Crippen LogP contribution is 2.17. The fraction of sp³-hybridized carbons (Fsp3) is 0.200. The van der Waals surface area contributed by atoms with Gasteiger partial charge in [0.2, 0.25) is 0 Å². The summed E-state index contributed by atoms with van der Waals surface area (Å²) in [6.45, 7) is 1.71. The van der Waals surface area contributed by atoms with E-state index in [1.54, 1.807) is 25.1 Å². The van der Waals surface area contributed by atoms with Crippen LogP contribution in [0, 0.1) is 5.82 Å². The first-order valence-electron chi connectivity index (χ1n) is 3.86. The Morgan fingerprint density at radius 2 is 2.31 bits per heavy atom. The van der Waals surface area contributed by atoms with Gasteiger partial charge in [0.1, 0.15) is 5.82 Å². The third kappa shape index (κ3) is 2.94. The van der Waals surface area contributed by atoms with Gasteiger partial charge in [0.05, 0.1) is 6.61 Å². The van der Waals surface area contributed by atoms with Gasteiger partial charge in [-0.05, 0) is 24.6 Å². The molecule has 0 amide bonds. The molecule has 0 bridgehead atoms. The van der Waals surface area contributed by atoms with Crippen molar-refractivity contribution < 1.29 is 9.50 Å². The second-order valence-corrected chi connectivity index (χ2v) is 3.73. The highest BCUT2D eigenvalue weighted by molar-refractivity contribution is 9.10. The molecule has 1 rings (SSSR count). The largest absolute Gasteiger partial charge is 0.392 e. The third-order valence-electron chi connectivity index (χ3n) is 1.61. The Bertz CT molecular complexity index is 334. The maximum atomic E-state index is 13.2. The first kappa shape index (κ1) is 10.4. The van der Waals surface area contributed by atoms with E-state index in [4.69, 9.17) is 5.11 Å². The minimum atomic E-state index is -0.290. The standard InChI is InChI=1S/C10H10BrFO/c1-7(6-13)4-8-2-3-9(11)5-10(8)12/h2-5,13H,6H2,1H3. The number of halogens is 2. The average Bonchev–Trinajstić information content (AvgIpc) is 2.09. The molecule has 0 saturated carbocycles. The summed E-state index contributed by atoms with van der Waals surface area (Å²) < 4.78 is 13.9. The highest BCUT2D eigenvalue weighted by Gasteiger charge is 1.99. The van der Waals surface area contributed by atoms with Crippen LogP contribution in [0.1, 0.15) is 12.5 Å². The summed E-state index contributed by atoms with van der Waals surface area (Å²) >= 11 is 3.17. The lowest BCUT2D eigenvalue weighted by Crippen LogP contribution is -1.87. The van der Waals surface area contributed by atoms with E-state index in [0.29, 0.717) is 10.0 Å². The Balaban J connectivity index is 3.03. The second kappa shape index (κ2) is 4.53. The van der Waals surface area contributed by atoms with Gasteiger partial charge in [-0.15, -0.1) is 0 Å². The number of aliphatic hydroxyl groups is 1. The molecule has 0 heterocycles. The molecular weight excluding hydrogens is 235 g/mol. The van der Waals surface area contributed by atoms with Crippen molar-refractivity contribution in [3.63, 3.8) is 0 Å². The summed E-state index contributed by atoms with van der Waals surface area (Å²) in [5.74, 6) is -0.290. The van der Waals surface area contributed by atoms with Crippen LogP contribution >= 0.6 is 15.9 Å². The highest BCUT2D eigenvalue weighted by atomic mass is 79.9. The molecule has 1 aromatic carbocycles. The van der Waals surface area contributed by atoms with Crippen LogP contribution in [-0.4, -0.2) is 11.7 Å². The Kier molecular flexibility index (Phi) is 3.63. The van der Waals surface area contributed by atoms with E-state index in [0.717, 1.165) is 5.57 Å². The summed E-state index contributed by atoms with van der Waals surface area (Å²) in [7, 11) is 0. The molecular formula is C10H10BrFO. The van der Waals surface area contributed by atoms with Crippen molar-refractivity contribution >= 4 is 22.0 Å². The van der Waals surface area contributed by atoms with Crippen LogP contribution in [0.3, 0.4) is 0 Å². The van der Waals surface area contributed by atoms with E-state index in [9.17, 15) is 4.39 Å². The minimum Gasteiger partial charge on any atom is -0.392 e. The average molecular weight is 245 g/mol. The normalized spacial score (nSPS) is 11.8. The van der Waals surface area contributed by atoms with E-state index in [-0.39, 0.29) is 12.4 Å².